The Kier molecular flexibility index (Phi) is 7.16. The number of ether oxygens (including phenoxy) is 1. The summed E-state index contributed by atoms with van der Waals surface area (Å²) in [7, 11) is 0. The lowest BCUT2D eigenvalue weighted by Crippen LogP contribution is -2.51. The number of carbonyl (C=O) groups is 2. The first kappa shape index (κ1) is 22.7. The number of amides is 2. The molecule has 0 spiro atoms. The van der Waals surface area contributed by atoms with Gasteiger partial charge in [0.05, 0.1) is 12.2 Å². The van der Waals surface area contributed by atoms with Crippen LogP contribution in [0.5, 0.6) is 0 Å². The molecule has 8 nitrogen and oxygen atoms in total. The monoisotopic (exact) mass is 420 g/mol. The summed E-state index contributed by atoms with van der Waals surface area (Å²) in [5.41, 5.74) is -0.142. The molecule has 2 saturated heterocycles. The van der Waals surface area contributed by atoms with Crippen LogP contribution in [-0.4, -0.2) is 70.1 Å². The van der Waals surface area contributed by atoms with Gasteiger partial charge >= 0.3 is 0 Å². The summed E-state index contributed by atoms with van der Waals surface area (Å²) in [6, 6.07) is 0. The minimum Gasteiger partial charge on any atom is -0.372 e. The summed E-state index contributed by atoms with van der Waals surface area (Å²) in [5, 5.41) is 4.02. The lowest BCUT2D eigenvalue weighted by atomic mass is 9.94. The van der Waals surface area contributed by atoms with Gasteiger partial charge in [-0.3, -0.25) is 9.59 Å². The van der Waals surface area contributed by atoms with E-state index in [-0.39, 0.29) is 35.4 Å². The van der Waals surface area contributed by atoms with E-state index in [2.05, 4.69) is 10.1 Å². The molecule has 0 radical (unpaired) electrons. The standard InChI is InChI=1S/C22H36N4O4/c1-15-13-26(14-16(2)29-15)20(28)17-9-11-25(12-10-17)19(27)8-6-7-18-23-21(24-30-18)22(3,4)5/h15-17H,6-14H2,1-5H3. The molecule has 30 heavy (non-hydrogen) atoms. The summed E-state index contributed by atoms with van der Waals surface area (Å²) < 4.78 is 11.0. The third kappa shape index (κ3) is 5.80. The van der Waals surface area contributed by atoms with Gasteiger partial charge in [0, 0.05) is 50.4 Å². The lowest BCUT2D eigenvalue weighted by molar-refractivity contribution is -0.150. The van der Waals surface area contributed by atoms with Gasteiger partial charge < -0.3 is 19.1 Å². The number of likely N-dealkylation sites (tertiary alicyclic amines) is 1. The number of rotatable bonds is 5. The van der Waals surface area contributed by atoms with Crippen LogP contribution in [0.3, 0.4) is 0 Å². The molecule has 3 rings (SSSR count). The van der Waals surface area contributed by atoms with Gasteiger partial charge in [-0.2, -0.15) is 4.98 Å². The third-order valence-corrected chi connectivity index (χ3v) is 5.85. The summed E-state index contributed by atoms with van der Waals surface area (Å²) in [4.78, 5) is 33.7. The number of aryl methyl sites for hydroxylation is 1. The Labute approximate surface area is 179 Å². The van der Waals surface area contributed by atoms with Crippen molar-refractivity contribution in [3.63, 3.8) is 0 Å². The van der Waals surface area contributed by atoms with Crippen LogP contribution in [0.4, 0.5) is 0 Å². The van der Waals surface area contributed by atoms with Gasteiger partial charge in [-0.05, 0) is 33.1 Å². The molecule has 0 saturated carbocycles. The largest absolute Gasteiger partial charge is 0.372 e. The maximum absolute atomic E-state index is 12.9. The van der Waals surface area contributed by atoms with Gasteiger partial charge in [-0.15, -0.1) is 0 Å². The number of aromatic nitrogens is 2. The van der Waals surface area contributed by atoms with Crippen molar-refractivity contribution in [2.75, 3.05) is 26.2 Å². The predicted octanol–water partition coefficient (Wildman–Crippen LogP) is 2.56. The number of carbonyl (C=O) groups excluding carboxylic acids is 2. The second kappa shape index (κ2) is 9.45. The highest BCUT2D eigenvalue weighted by molar-refractivity contribution is 5.80. The molecule has 0 aromatic carbocycles. The Morgan fingerprint density at radius 3 is 2.27 bits per heavy atom. The average molecular weight is 421 g/mol. The van der Waals surface area contributed by atoms with E-state index >= 15 is 0 Å². The van der Waals surface area contributed by atoms with Crippen molar-refractivity contribution in [1.82, 2.24) is 19.9 Å². The van der Waals surface area contributed by atoms with Crippen LogP contribution in [0.15, 0.2) is 4.52 Å². The highest BCUT2D eigenvalue weighted by Gasteiger charge is 2.33. The number of nitrogens with zero attached hydrogens (tertiary/aromatic N) is 4. The number of piperidine rings is 1. The van der Waals surface area contributed by atoms with Gasteiger partial charge in [0.2, 0.25) is 17.7 Å². The summed E-state index contributed by atoms with van der Waals surface area (Å²) in [6.07, 6.45) is 3.40. The molecule has 0 aliphatic carbocycles. The maximum Gasteiger partial charge on any atom is 0.226 e. The molecule has 8 heteroatoms. The third-order valence-electron chi connectivity index (χ3n) is 5.85. The molecule has 2 aliphatic rings. The van der Waals surface area contributed by atoms with E-state index in [4.69, 9.17) is 9.26 Å². The molecule has 2 unspecified atom stereocenters. The molecule has 2 atom stereocenters. The predicted molar refractivity (Wildman–Crippen MR) is 112 cm³/mol. The molecule has 3 heterocycles. The molecular formula is C22H36N4O4. The molecule has 1 aromatic rings. The number of morpholine rings is 1. The Morgan fingerprint density at radius 1 is 1.07 bits per heavy atom. The van der Waals surface area contributed by atoms with Crippen LogP contribution in [0.1, 0.15) is 72.0 Å². The normalized spacial score (nSPS) is 23.6. The summed E-state index contributed by atoms with van der Waals surface area (Å²) in [6.45, 7) is 12.8. The number of hydrogen-bond acceptors (Lipinski definition) is 6. The highest BCUT2D eigenvalue weighted by Crippen LogP contribution is 2.23. The minimum atomic E-state index is -0.142. The first-order valence-electron chi connectivity index (χ1n) is 11.2. The van der Waals surface area contributed by atoms with Gasteiger partial charge in [0.15, 0.2) is 5.82 Å². The molecule has 0 N–H and O–H groups in total. The zero-order valence-corrected chi connectivity index (χ0v) is 19.0. The smallest absolute Gasteiger partial charge is 0.226 e. The fourth-order valence-corrected chi connectivity index (χ4v) is 4.20. The Morgan fingerprint density at radius 2 is 1.70 bits per heavy atom. The van der Waals surface area contributed by atoms with Gasteiger partial charge in [-0.1, -0.05) is 25.9 Å². The van der Waals surface area contributed by atoms with Crippen LogP contribution in [0.25, 0.3) is 0 Å². The Hall–Kier alpha value is -1.96. The zero-order valence-electron chi connectivity index (χ0n) is 19.0. The van der Waals surface area contributed by atoms with Crippen LogP contribution in [0, 0.1) is 5.92 Å². The first-order chi connectivity index (χ1) is 14.1. The van der Waals surface area contributed by atoms with E-state index in [1.54, 1.807) is 0 Å². The van der Waals surface area contributed by atoms with E-state index in [9.17, 15) is 9.59 Å². The van der Waals surface area contributed by atoms with Crippen molar-refractivity contribution in [3.8, 4) is 0 Å². The number of hydrogen-bond donors (Lipinski definition) is 0. The van der Waals surface area contributed by atoms with Crippen LogP contribution in [-0.2, 0) is 26.2 Å². The van der Waals surface area contributed by atoms with Crippen molar-refractivity contribution >= 4 is 11.8 Å². The van der Waals surface area contributed by atoms with Crippen molar-refractivity contribution in [3.05, 3.63) is 11.7 Å². The second-order valence-electron chi connectivity index (χ2n) is 9.77. The molecular weight excluding hydrogens is 384 g/mol. The van der Waals surface area contributed by atoms with Crippen LogP contribution < -0.4 is 0 Å². The first-order valence-corrected chi connectivity index (χ1v) is 11.2. The molecule has 2 aliphatic heterocycles. The topological polar surface area (TPSA) is 88.8 Å². The van der Waals surface area contributed by atoms with E-state index in [0.29, 0.717) is 57.2 Å². The van der Waals surface area contributed by atoms with Gasteiger partial charge in [-0.25, -0.2) is 0 Å². The van der Waals surface area contributed by atoms with Gasteiger partial charge in [0.1, 0.15) is 0 Å². The summed E-state index contributed by atoms with van der Waals surface area (Å²) >= 11 is 0. The molecule has 2 fully saturated rings. The van der Waals surface area contributed by atoms with E-state index in [1.807, 2.05) is 44.4 Å². The van der Waals surface area contributed by atoms with E-state index < -0.39 is 0 Å². The van der Waals surface area contributed by atoms with E-state index in [1.165, 1.54) is 0 Å². The maximum atomic E-state index is 12.9. The Balaban J connectivity index is 1.40. The highest BCUT2D eigenvalue weighted by atomic mass is 16.5. The fourth-order valence-electron chi connectivity index (χ4n) is 4.20. The van der Waals surface area contributed by atoms with Crippen molar-refractivity contribution in [2.45, 2.75) is 84.3 Å². The van der Waals surface area contributed by atoms with E-state index in [0.717, 1.165) is 12.8 Å². The SMILES string of the molecule is CC1CN(C(=O)C2CCN(C(=O)CCCc3nc(C(C)(C)C)no3)CC2)CC(C)O1. The molecule has 168 valence electrons. The molecule has 2 amide bonds. The van der Waals surface area contributed by atoms with Crippen LogP contribution >= 0.6 is 0 Å². The van der Waals surface area contributed by atoms with Crippen molar-refractivity contribution in [1.29, 1.82) is 0 Å². The van der Waals surface area contributed by atoms with Gasteiger partial charge in [0.25, 0.3) is 0 Å². The minimum absolute atomic E-state index is 0.0146. The van der Waals surface area contributed by atoms with Crippen molar-refractivity contribution < 1.29 is 18.8 Å². The second-order valence-corrected chi connectivity index (χ2v) is 9.77. The van der Waals surface area contributed by atoms with Crippen LogP contribution in [0.2, 0.25) is 0 Å². The molecule has 1 aromatic heterocycles. The lowest BCUT2D eigenvalue weighted by Gasteiger charge is -2.39. The fraction of sp³-hybridized carbons (Fsp3) is 0.818. The molecule has 0 bridgehead atoms. The quantitative estimate of drug-likeness (QED) is 0.727. The van der Waals surface area contributed by atoms with Crippen molar-refractivity contribution in [2.24, 2.45) is 5.92 Å². The average Bonchev–Trinajstić information content (AvgIpc) is 3.16. The summed E-state index contributed by atoms with van der Waals surface area (Å²) in [5.74, 6) is 1.66. The zero-order chi connectivity index (χ0) is 21.9. The Bertz CT molecular complexity index is 724.